The predicted molar refractivity (Wildman–Crippen MR) is 120 cm³/mol. The van der Waals surface area contributed by atoms with E-state index in [4.69, 9.17) is 10.00 Å². The molecule has 2 unspecified atom stereocenters. The summed E-state index contributed by atoms with van der Waals surface area (Å²) in [6.45, 7) is 5.08. The van der Waals surface area contributed by atoms with Gasteiger partial charge < -0.3 is 14.5 Å². The Labute approximate surface area is 193 Å². The van der Waals surface area contributed by atoms with Crippen molar-refractivity contribution in [2.24, 2.45) is 0 Å². The van der Waals surface area contributed by atoms with E-state index in [1.54, 1.807) is 12.3 Å². The maximum atomic E-state index is 13.8. The zero-order valence-electron chi connectivity index (χ0n) is 18.8. The molecule has 1 aliphatic heterocycles. The topological polar surface area (TPSA) is 93.2 Å². The average molecular weight is 448 g/mol. The van der Waals surface area contributed by atoms with Crippen LogP contribution in [0, 0.1) is 28.5 Å². The van der Waals surface area contributed by atoms with Crippen molar-refractivity contribution in [3.8, 4) is 12.1 Å². The summed E-state index contributed by atoms with van der Waals surface area (Å²) in [5.41, 5.74) is 0.656. The highest BCUT2D eigenvalue weighted by Crippen LogP contribution is 2.50. The molecule has 33 heavy (non-hydrogen) atoms. The Balaban J connectivity index is 1.43. The molecule has 8 heteroatoms. The number of ether oxygens (including phenoxy) is 1. The van der Waals surface area contributed by atoms with Crippen molar-refractivity contribution in [1.82, 2.24) is 9.88 Å². The molecule has 0 radical (unpaired) electrons. The maximum absolute atomic E-state index is 13.8. The minimum Gasteiger partial charge on any atom is -0.360 e. The molecule has 2 aromatic rings. The average Bonchev–Trinajstić information content (AvgIpc) is 3.63. The van der Waals surface area contributed by atoms with Crippen molar-refractivity contribution >= 4 is 11.7 Å². The molecule has 170 valence electrons. The summed E-state index contributed by atoms with van der Waals surface area (Å²) >= 11 is 0. The van der Waals surface area contributed by atoms with Crippen molar-refractivity contribution in [3.63, 3.8) is 0 Å². The molecule has 1 aromatic heterocycles. The van der Waals surface area contributed by atoms with Crippen LogP contribution in [-0.4, -0.2) is 47.6 Å². The molecule has 2 heterocycles. The minimum absolute atomic E-state index is 0.0383. The van der Waals surface area contributed by atoms with Gasteiger partial charge in [-0.1, -0.05) is 6.92 Å². The van der Waals surface area contributed by atoms with Gasteiger partial charge in [0.05, 0.1) is 22.8 Å². The number of nitrogens with zero attached hydrogens (tertiary/aromatic N) is 5. The first kappa shape index (κ1) is 22.7. The smallest absolute Gasteiger partial charge is 0.248 e. The summed E-state index contributed by atoms with van der Waals surface area (Å²) < 4.78 is 19.8. The van der Waals surface area contributed by atoms with Crippen LogP contribution in [-0.2, 0) is 15.1 Å². The molecule has 0 bridgehead atoms. The lowest BCUT2D eigenvalue weighted by Gasteiger charge is -2.46. The molecule has 2 atom stereocenters. The fourth-order valence-corrected chi connectivity index (χ4v) is 4.62. The number of nitriles is 2. The minimum atomic E-state index is -0.757. The monoisotopic (exact) mass is 447 g/mol. The summed E-state index contributed by atoms with van der Waals surface area (Å²) in [4.78, 5) is 21.5. The van der Waals surface area contributed by atoms with E-state index in [-0.39, 0.29) is 24.6 Å². The molecule has 7 nitrogen and oxygen atoms in total. The van der Waals surface area contributed by atoms with E-state index in [9.17, 15) is 14.4 Å². The molecule has 4 rings (SSSR count). The van der Waals surface area contributed by atoms with Crippen molar-refractivity contribution in [2.45, 2.75) is 50.8 Å². The second kappa shape index (κ2) is 9.17. The quantitative estimate of drug-likeness (QED) is 0.673. The highest BCUT2D eigenvalue weighted by molar-refractivity contribution is 5.78. The largest absolute Gasteiger partial charge is 0.360 e. The van der Waals surface area contributed by atoms with Crippen LogP contribution in [0.2, 0.25) is 0 Å². The normalized spacial score (nSPS) is 21.2. The predicted octanol–water partition coefficient (Wildman–Crippen LogP) is 3.49. The van der Waals surface area contributed by atoms with E-state index in [1.807, 2.05) is 11.0 Å². The van der Waals surface area contributed by atoms with Crippen LogP contribution in [0.4, 0.5) is 10.2 Å². The number of pyridine rings is 1. The molecule has 2 fully saturated rings. The lowest BCUT2D eigenvalue weighted by Crippen LogP contribution is -2.60. The number of hydrogen-bond donors (Lipinski definition) is 0. The molecule has 1 aliphatic carbocycles. The number of anilines is 1. The number of benzene rings is 1. The first-order valence-corrected chi connectivity index (χ1v) is 11.2. The number of piperazine rings is 1. The van der Waals surface area contributed by atoms with Gasteiger partial charge in [0.2, 0.25) is 5.91 Å². The van der Waals surface area contributed by atoms with Crippen LogP contribution in [0.25, 0.3) is 0 Å². The molecular formula is C25H26FN5O2. The standard InChI is InChI=1S/C25H26FN5O2/c1-3-21-15-30(14-17(2)31(21)23-7-4-18(11-27)13-29-23)24(32)16-33-25(8-9-25)22-10-20(26)6-5-19(22)12-28/h4-7,10,13,17,21H,3,8-9,14-16H2,1-2H3. The SMILES string of the molecule is CCC1CN(C(=O)COC2(c3cc(F)ccc3C#N)CC2)CC(C)N1c1ccc(C#N)cn1. The van der Waals surface area contributed by atoms with Crippen molar-refractivity contribution in [3.05, 3.63) is 59.0 Å². The van der Waals surface area contributed by atoms with Crippen LogP contribution in [0.5, 0.6) is 0 Å². The van der Waals surface area contributed by atoms with E-state index >= 15 is 0 Å². The first-order valence-electron chi connectivity index (χ1n) is 11.2. The second-order valence-electron chi connectivity index (χ2n) is 8.72. The number of halogens is 1. The molecule has 1 saturated carbocycles. The Bertz CT molecular complexity index is 1120. The van der Waals surface area contributed by atoms with Crippen LogP contribution < -0.4 is 4.90 Å². The second-order valence-corrected chi connectivity index (χ2v) is 8.72. The van der Waals surface area contributed by atoms with Crippen LogP contribution in [0.1, 0.15) is 49.8 Å². The number of amides is 1. The van der Waals surface area contributed by atoms with Gasteiger partial charge in [-0.15, -0.1) is 0 Å². The molecule has 0 N–H and O–H groups in total. The van der Waals surface area contributed by atoms with Gasteiger partial charge in [-0.05, 0) is 56.5 Å². The molecule has 1 amide bonds. The molecule has 1 aromatic carbocycles. The summed E-state index contributed by atoms with van der Waals surface area (Å²) in [7, 11) is 0. The Morgan fingerprint density at radius 2 is 2.03 bits per heavy atom. The Morgan fingerprint density at radius 1 is 1.24 bits per heavy atom. The third-order valence-electron chi connectivity index (χ3n) is 6.52. The number of aromatic nitrogens is 1. The van der Waals surface area contributed by atoms with Gasteiger partial charge in [0.25, 0.3) is 0 Å². The highest BCUT2D eigenvalue weighted by atomic mass is 19.1. The highest BCUT2D eigenvalue weighted by Gasteiger charge is 2.48. The summed E-state index contributed by atoms with van der Waals surface area (Å²) in [6, 6.07) is 12.0. The number of hydrogen-bond acceptors (Lipinski definition) is 6. The summed E-state index contributed by atoms with van der Waals surface area (Å²) in [5, 5.41) is 18.4. The molecule has 0 spiro atoms. The van der Waals surface area contributed by atoms with Gasteiger partial charge in [0.1, 0.15) is 24.3 Å². The maximum Gasteiger partial charge on any atom is 0.248 e. The lowest BCUT2D eigenvalue weighted by molar-refractivity contribution is -0.140. The van der Waals surface area contributed by atoms with E-state index in [2.05, 4.69) is 35.9 Å². The van der Waals surface area contributed by atoms with E-state index in [0.29, 0.717) is 42.6 Å². The van der Waals surface area contributed by atoms with E-state index in [1.165, 1.54) is 18.2 Å². The fraction of sp³-hybridized carbons (Fsp3) is 0.440. The lowest BCUT2D eigenvalue weighted by atomic mass is 10.0. The first-order chi connectivity index (χ1) is 15.9. The van der Waals surface area contributed by atoms with Gasteiger partial charge >= 0.3 is 0 Å². The van der Waals surface area contributed by atoms with Crippen LogP contribution in [0.3, 0.4) is 0 Å². The third-order valence-corrected chi connectivity index (χ3v) is 6.52. The number of rotatable bonds is 6. The molecular weight excluding hydrogens is 421 g/mol. The Kier molecular flexibility index (Phi) is 6.31. The van der Waals surface area contributed by atoms with E-state index in [0.717, 1.165) is 12.2 Å². The number of carbonyl (C=O) groups excluding carboxylic acids is 1. The van der Waals surface area contributed by atoms with Crippen LogP contribution >= 0.6 is 0 Å². The fourth-order valence-electron chi connectivity index (χ4n) is 4.62. The summed E-state index contributed by atoms with van der Waals surface area (Å²) in [5.74, 6) is 0.259. The third kappa shape index (κ3) is 4.53. The summed E-state index contributed by atoms with van der Waals surface area (Å²) in [6.07, 6.45) is 3.71. The van der Waals surface area contributed by atoms with Gasteiger partial charge in [0.15, 0.2) is 0 Å². The van der Waals surface area contributed by atoms with Crippen LogP contribution in [0.15, 0.2) is 36.5 Å². The van der Waals surface area contributed by atoms with E-state index < -0.39 is 11.4 Å². The zero-order valence-corrected chi connectivity index (χ0v) is 18.8. The Hall–Kier alpha value is -3.49. The molecule has 1 saturated heterocycles. The Morgan fingerprint density at radius 3 is 2.64 bits per heavy atom. The van der Waals surface area contributed by atoms with Crippen molar-refractivity contribution in [1.29, 1.82) is 10.5 Å². The van der Waals surface area contributed by atoms with Gasteiger partial charge in [-0.3, -0.25) is 4.79 Å². The van der Waals surface area contributed by atoms with Gasteiger partial charge in [-0.2, -0.15) is 10.5 Å². The molecule has 2 aliphatic rings. The van der Waals surface area contributed by atoms with Gasteiger partial charge in [0, 0.05) is 36.9 Å². The van der Waals surface area contributed by atoms with Crippen molar-refractivity contribution < 1.29 is 13.9 Å². The zero-order chi connectivity index (χ0) is 23.6. The number of carbonyl (C=O) groups is 1. The van der Waals surface area contributed by atoms with Gasteiger partial charge in [-0.25, -0.2) is 9.37 Å². The van der Waals surface area contributed by atoms with Crippen molar-refractivity contribution in [2.75, 3.05) is 24.6 Å².